The number of rotatable bonds is 4. The molecule has 1 unspecified atom stereocenters. The number of carbonyl (C=O) groups excluding carboxylic acids is 2. The number of hydrogen-bond donors (Lipinski definition) is 1. The molecule has 0 aliphatic carbocycles. The van der Waals surface area contributed by atoms with Crippen LogP contribution in [0.2, 0.25) is 0 Å². The first-order chi connectivity index (χ1) is 14.8. The van der Waals surface area contributed by atoms with Gasteiger partial charge in [-0.1, -0.05) is 12.1 Å². The monoisotopic (exact) mass is 423 g/mol. The Bertz CT molecular complexity index is 920. The number of carbonyl (C=O) groups is 2. The second-order valence-electron chi connectivity index (χ2n) is 9.21. The van der Waals surface area contributed by atoms with Crippen LogP contribution in [0.1, 0.15) is 38.7 Å². The molecule has 8 nitrogen and oxygen atoms in total. The van der Waals surface area contributed by atoms with E-state index in [1.54, 1.807) is 11.1 Å². The number of amides is 2. The van der Waals surface area contributed by atoms with Gasteiger partial charge in [0.1, 0.15) is 5.60 Å². The molecule has 1 atom stereocenters. The molecule has 2 amide bonds. The fourth-order valence-electron chi connectivity index (χ4n) is 3.89. The molecule has 8 heteroatoms. The zero-order valence-electron chi connectivity index (χ0n) is 18.2. The quantitative estimate of drug-likeness (QED) is 0.812. The van der Waals surface area contributed by atoms with Crippen LogP contribution in [0.25, 0.3) is 0 Å². The van der Waals surface area contributed by atoms with Crippen molar-refractivity contribution >= 4 is 23.5 Å². The van der Waals surface area contributed by atoms with Crippen molar-refractivity contribution in [3.63, 3.8) is 0 Å². The van der Waals surface area contributed by atoms with Crippen molar-refractivity contribution in [2.75, 3.05) is 36.4 Å². The van der Waals surface area contributed by atoms with Crippen molar-refractivity contribution in [2.24, 2.45) is 5.92 Å². The Morgan fingerprint density at radius 1 is 1.10 bits per heavy atom. The third-order valence-corrected chi connectivity index (χ3v) is 5.62. The third kappa shape index (κ3) is 5.13. The van der Waals surface area contributed by atoms with E-state index < -0.39 is 5.60 Å². The molecule has 1 aromatic carbocycles. The number of benzene rings is 1. The fourth-order valence-corrected chi connectivity index (χ4v) is 3.89. The minimum absolute atomic E-state index is 0.0267. The number of anilines is 2. The van der Waals surface area contributed by atoms with Gasteiger partial charge in [-0.15, -0.1) is 5.10 Å². The lowest BCUT2D eigenvalue weighted by Crippen LogP contribution is -2.50. The van der Waals surface area contributed by atoms with Crippen molar-refractivity contribution in [2.45, 2.75) is 38.7 Å². The van der Waals surface area contributed by atoms with Gasteiger partial charge in [0.2, 0.25) is 5.91 Å². The maximum absolute atomic E-state index is 12.7. The van der Waals surface area contributed by atoms with Crippen molar-refractivity contribution in [3.8, 4) is 0 Å². The van der Waals surface area contributed by atoms with E-state index in [4.69, 9.17) is 4.74 Å². The van der Waals surface area contributed by atoms with Gasteiger partial charge in [-0.3, -0.25) is 4.79 Å². The molecule has 2 fully saturated rings. The van der Waals surface area contributed by atoms with E-state index in [0.29, 0.717) is 25.6 Å². The van der Waals surface area contributed by atoms with Crippen LogP contribution in [0.3, 0.4) is 0 Å². The molecule has 2 aliphatic heterocycles. The summed E-state index contributed by atoms with van der Waals surface area (Å²) in [5.41, 5.74) is 1.47. The van der Waals surface area contributed by atoms with Gasteiger partial charge < -0.3 is 19.9 Å². The first-order valence-corrected chi connectivity index (χ1v) is 10.7. The Morgan fingerprint density at radius 2 is 1.84 bits per heavy atom. The van der Waals surface area contributed by atoms with Crippen molar-refractivity contribution < 1.29 is 14.3 Å². The molecular formula is C23H29N5O3. The predicted octanol–water partition coefficient (Wildman–Crippen LogP) is 3.28. The molecule has 31 heavy (non-hydrogen) atoms. The number of likely N-dealkylation sites (tertiary alicyclic amines) is 1. The van der Waals surface area contributed by atoms with Gasteiger partial charge >= 0.3 is 6.09 Å². The molecule has 2 saturated heterocycles. The van der Waals surface area contributed by atoms with E-state index in [-0.39, 0.29) is 17.9 Å². The second kappa shape index (κ2) is 8.53. The number of aromatic nitrogens is 2. The molecular weight excluding hydrogens is 394 g/mol. The van der Waals surface area contributed by atoms with Gasteiger partial charge in [-0.2, -0.15) is 5.10 Å². The highest BCUT2D eigenvalue weighted by Gasteiger charge is 2.34. The summed E-state index contributed by atoms with van der Waals surface area (Å²) in [7, 11) is 0. The van der Waals surface area contributed by atoms with Crippen molar-refractivity contribution in [1.29, 1.82) is 0 Å². The normalized spacial score (nSPS) is 19.1. The van der Waals surface area contributed by atoms with E-state index in [2.05, 4.69) is 20.4 Å². The van der Waals surface area contributed by atoms with E-state index in [9.17, 15) is 9.59 Å². The van der Waals surface area contributed by atoms with Gasteiger partial charge in [-0.25, -0.2) is 4.79 Å². The summed E-state index contributed by atoms with van der Waals surface area (Å²) in [6.07, 6.45) is 2.18. The number of ether oxygens (including phenoxy) is 1. The van der Waals surface area contributed by atoms with Crippen LogP contribution in [0.5, 0.6) is 0 Å². The lowest BCUT2D eigenvalue weighted by molar-refractivity contribution is -0.119. The van der Waals surface area contributed by atoms with Crippen LogP contribution < -0.4 is 10.2 Å². The van der Waals surface area contributed by atoms with Gasteiger partial charge in [0.05, 0.1) is 5.92 Å². The smallest absolute Gasteiger partial charge is 0.410 e. The Hall–Kier alpha value is -3.16. The summed E-state index contributed by atoms with van der Waals surface area (Å²) in [5.74, 6) is 1.06. The fraction of sp³-hybridized carbons (Fsp3) is 0.478. The van der Waals surface area contributed by atoms with Crippen LogP contribution in [-0.2, 0) is 9.53 Å². The van der Waals surface area contributed by atoms with E-state index in [1.165, 1.54) is 0 Å². The molecule has 0 saturated carbocycles. The minimum Gasteiger partial charge on any atom is -0.444 e. The lowest BCUT2D eigenvalue weighted by Gasteiger charge is -2.40. The predicted molar refractivity (Wildman–Crippen MR) is 118 cm³/mol. The molecule has 0 radical (unpaired) electrons. The minimum atomic E-state index is -0.479. The van der Waals surface area contributed by atoms with Gasteiger partial charge in [0, 0.05) is 44.0 Å². The first kappa shape index (κ1) is 21.1. The van der Waals surface area contributed by atoms with Crippen LogP contribution in [-0.4, -0.2) is 58.9 Å². The SMILES string of the molecule is CC(C)(C)OC(=O)N1CC(c2ccc(NC(=O)C3CCN(c4cccnn4)C3)cc2)C1. The van der Waals surface area contributed by atoms with Crippen LogP contribution in [0, 0.1) is 5.92 Å². The number of hydrogen-bond acceptors (Lipinski definition) is 6. The highest BCUT2D eigenvalue weighted by atomic mass is 16.6. The first-order valence-electron chi connectivity index (χ1n) is 10.7. The molecule has 164 valence electrons. The van der Waals surface area contributed by atoms with Gasteiger partial charge in [0.25, 0.3) is 0 Å². The van der Waals surface area contributed by atoms with Gasteiger partial charge in [0.15, 0.2) is 5.82 Å². The highest BCUT2D eigenvalue weighted by Crippen LogP contribution is 2.29. The molecule has 1 aromatic heterocycles. The molecule has 3 heterocycles. The average Bonchev–Trinajstić information content (AvgIpc) is 3.18. The van der Waals surface area contributed by atoms with Gasteiger partial charge in [-0.05, 0) is 57.0 Å². The third-order valence-electron chi connectivity index (χ3n) is 5.62. The molecule has 0 spiro atoms. The Labute approximate surface area is 182 Å². The Kier molecular flexibility index (Phi) is 5.80. The maximum atomic E-state index is 12.7. The zero-order chi connectivity index (χ0) is 22.0. The molecule has 2 aromatic rings. The van der Waals surface area contributed by atoms with Crippen LogP contribution in [0.4, 0.5) is 16.3 Å². The van der Waals surface area contributed by atoms with E-state index in [0.717, 1.165) is 30.0 Å². The largest absolute Gasteiger partial charge is 0.444 e. The topological polar surface area (TPSA) is 87.7 Å². The molecule has 1 N–H and O–H groups in total. The number of nitrogens with zero attached hydrogens (tertiary/aromatic N) is 4. The summed E-state index contributed by atoms with van der Waals surface area (Å²) >= 11 is 0. The average molecular weight is 424 g/mol. The Morgan fingerprint density at radius 3 is 2.48 bits per heavy atom. The standard InChI is InChI=1S/C23H29N5O3/c1-23(2,3)31-22(30)28-14-18(15-28)16-6-8-19(9-7-16)25-21(29)17-10-12-27(13-17)20-5-4-11-24-26-20/h4-9,11,17-18H,10,12-15H2,1-3H3,(H,25,29). The summed E-state index contributed by atoms with van der Waals surface area (Å²) in [6.45, 7) is 8.36. The highest BCUT2D eigenvalue weighted by molar-refractivity contribution is 5.93. The van der Waals surface area contributed by atoms with Crippen molar-refractivity contribution in [3.05, 3.63) is 48.2 Å². The Balaban J connectivity index is 1.26. The molecule has 0 bridgehead atoms. The second-order valence-corrected chi connectivity index (χ2v) is 9.21. The van der Waals surface area contributed by atoms with Crippen LogP contribution in [0.15, 0.2) is 42.6 Å². The summed E-state index contributed by atoms with van der Waals surface area (Å²) in [4.78, 5) is 28.6. The summed E-state index contributed by atoms with van der Waals surface area (Å²) in [6, 6.07) is 11.7. The summed E-state index contributed by atoms with van der Waals surface area (Å²) in [5, 5.41) is 11.1. The zero-order valence-corrected chi connectivity index (χ0v) is 18.2. The maximum Gasteiger partial charge on any atom is 0.410 e. The number of nitrogens with one attached hydrogen (secondary N) is 1. The lowest BCUT2D eigenvalue weighted by atomic mass is 9.92. The summed E-state index contributed by atoms with van der Waals surface area (Å²) < 4.78 is 5.40. The van der Waals surface area contributed by atoms with Crippen LogP contribution >= 0.6 is 0 Å². The van der Waals surface area contributed by atoms with E-state index in [1.807, 2.05) is 57.2 Å². The van der Waals surface area contributed by atoms with E-state index >= 15 is 0 Å². The molecule has 4 rings (SSSR count). The molecule has 2 aliphatic rings. The van der Waals surface area contributed by atoms with Crippen molar-refractivity contribution in [1.82, 2.24) is 15.1 Å².